The van der Waals surface area contributed by atoms with Crippen molar-refractivity contribution in [1.82, 2.24) is 0 Å². The summed E-state index contributed by atoms with van der Waals surface area (Å²) in [4.78, 5) is 24.5. The molecule has 1 aliphatic heterocycles. The molecule has 0 saturated carbocycles. The molecule has 0 unspecified atom stereocenters. The number of hydrogen-bond acceptors (Lipinski definition) is 3. The fourth-order valence-electron chi connectivity index (χ4n) is 1.98. The van der Waals surface area contributed by atoms with Crippen LogP contribution in [-0.4, -0.2) is 29.9 Å². The lowest BCUT2D eigenvalue weighted by Gasteiger charge is -2.29. The Bertz CT molecular complexity index is 454. The Morgan fingerprint density at radius 1 is 1.50 bits per heavy atom. The Morgan fingerprint density at radius 3 is 2.88 bits per heavy atom. The lowest BCUT2D eigenvalue weighted by atomic mass is 9.98. The molecule has 0 radical (unpaired) electrons. The minimum atomic E-state index is -0.961. The third-order valence-corrected chi connectivity index (χ3v) is 2.88. The normalized spacial score (nSPS) is 14.8. The van der Waals surface area contributed by atoms with Crippen LogP contribution in [0.15, 0.2) is 18.2 Å². The van der Waals surface area contributed by atoms with Gasteiger partial charge in [0.15, 0.2) is 5.78 Å². The van der Waals surface area contributed by atoms with Crippen LogP contribution < -0.4 is 4.90 Å². The SMILES string of the molecule is CCN1CCC(=O)c2ccc(C(=O)O)cc21. The second kappa shape index (κ2) is 3.96. The van der Waals surface area contributed by atoms with Crippen molar-refractivity contribution in [1.29, 1.82) is 0 Å². The molecular formula is C12H13NO3. The molecule has 1 heterocycles. The standard InChI is InChI=1S/C12H13NO3/c1-2-13-6-5-11(14)9-4-3-8(12(15)16)7-10(9)13/h3-4,7H,2,5-6H2,1H3,(H,15,16). The van der Waals surface area contributed by atoms with Gasteiger partial charge in [-0.15, -0.1) is 0 Å². The third kappa shape index (κ3) is 1.66. The van der Waals surface area contributed by atoms with E-state index in [1.54, 1.807) is 12.1 Å². The van der Waals surface area contributed by atoms with Gasteiger partial charge in [0.2, 0.25) is 0 Å². The van der Waals surface area contributed by atoms with Crippen molar-refractivity contribution in [3.05, 3.63) is 29.3 Å². The van der Waals surface area contributed by atoms with E-state index in [9.17, 15) is 9.59 Å². The topological polar surface area (TPSA) is 57.6 Å². The summed E-state index contributed by atoms with van der Waals surface area (Å²) in [6.07, 6.45) is 0.507. The van der Waals surface area contributed by atoms with Crippen LogP contribution in [0.4, 0.5) is 5.69 Å². The Hall–Kier alpha value is -1.84. The zero-order valence-corrected chi connectivity index (χ0v) is 9.06. The summed E-state index contributed by atoms with van der Waals surface area (Å²) < 4.78 is 0. The van der Waals surface area contributed by atoms with Gasteiger partial charge in [-0.2, -0.15) is 0 Å². The highest BCUT2D eigenvalue weighted by Crippen LogP contribution is 2.27. The van der Waals surface area contributed by atoms with E-state index < -0.39 is 5.97 Å². The van der Waals surface area contributed by atoms with Crippen molar-refractivity contribution in [2.45, 2.75) is 13.3 Å². The van der Waals surface area contributed by atoms with E-state index >= 15 is 0 Å². The largest absolute Gasteiger partial charge is 0.478 e. The van der Waals surface area contributed by atoms with Gasteiger partial charge in [-0.05, 0) is 25.1 Å². The minimum Gasteiger partial charge on any atom is -0.478 e. The van der Waals surface area contributed by atoms with Crippen LogP contribution in [0.1, 0.15) is 34.1 Å². The van der Waals surface area contributed by atoms with Gasteiger partial charge < -0.3 is 10.0 Å². The maximum atomic E-state index is 11.7. The van der Waals surface area contributed by atoms with Crippen molar-refractivity contribution in [2.24, 2.45) is 0 Å². The molecule has 0 aliphatic carbocycles. The first-order chi connectivity index (χ1) is 7.63. The lowest BCUT2D eigenvalue weighted by molar-refractivity contribution is 0.0696. The maximum Gasteiger partial charge on any atom is 0.335 e. The number of ketones is 1. The second-order valence-corrected chi connectivity index (χ2v) is 3.79. The number of carbonyl (C=O) groups is 2. The van der Waals surface area contributed by atoms with Crippen LogP contribution in [-0.2, 0) is 0 Å². The van der Waals surface area contributed by atoms with Crippen LogP contribution >= 0.6 is 0 Å². The molecule has 0 bridgehead atoms. The van der Waals surface area contributed by atoms with E-state index in [0.29, 0.717) is 18.5 Å². The van der Waals surface area contributed by atoms with Gasteiger partial charge in [0.25, 0.3) is 0 Å². The Balaban J connectivity index is 2.52. The summed E-state index contributed by atoms with van der Waals surface area (Å²) in [6, 6.07) is 4.68. The van der Waals surface area contributed by atoms with E-state index in [2.05, 4.69) is 0 Å². The smallest absolute Gasteiger partial charge is 0.335 e. The van der Waals surface area contributed by atoms with Crippen LogP contribution in [0.2, 0.25) is 0 Å². The van der Waals surface area contributed by atoms with Crippen molar-refractivity contribution < 1.29 is 14.7 Å². The molecule has 0 aromatic heterocycles. The average molecular weight is 219 g/mol. The summed E-state index contributed by atoms with van der Waals surface area (Å²) in [5, 5.41) is 8.91. The van der Waals surface area contributed by atoms with Crippen LogP contribution in [0.3, 0.4) is 0 Å². The molecule has 1 aliphatic rings. The van der Waals surface area contributed by atoms with Gasteiger partial charge in [0.05, 0.1) is 5.56 Å². The van der Waals surface area contributed by atoms with Crippen molar-refractivity contribution in [2.75, 3.05) is 18.0 Å². The number of carboxylic acid groups (broad SMARTS) is 1. The van der Waals surface area contributed by atoms with Gasteiger partial charge in [-0.3, -0.25) is 4.79 Å². The van der Waals surface area contributed by atoms with Crippen molar-refractivity contribution >= 4 is 17.4 Å². The minimum absolute atomic E-state index is 0.0941. The van der Waals surface area contributed by atoms with Crippen LogP contribution in [0.5, 0.6) is 0 Å². The number of rotatable bonds is 2. The summed E-state index contributed by atoms with van der Waals surface area (Å²) in [7, 11) is 0. The number of carbonyl (C=O) groups excluding carboxylic acids is 1. The molecule has 2 rings (SSSR count). The number of nitrogens with zero attached hydrogens (tertiary/aromatic N) is 1. The van der Waals surface area contributed by atoms with Gasteiger partial charge in [0, 0.05) is 30.8 Å². The summed E-state index contributed by atoms with van der Waals surface area (Å²) >= 11 is 0. The van der Waals surface area contributed by atoms with Crippen molar-refractivity contribution in [3.63, 3.8) is 0 Å². The van der Waals surface area contributed by atoms with Gasteiger partial charge >= 0.3 is 5.97 Å². The number of carboxylic acids is 1. The zero-order chi connectivity index (χ0) is 11.7. The van der Waals surface area contributed by atoms with Gasteiger partial charge in [-0.1, -0.05) is 0 Å². The quantitative estimate of drug-likeness (QED) is 0.824. The van der Waals surface area contributed by atoms with E-state index in [1.165, 1.54) is 6.07 Å². The molecule has 0 atom stereocenters. The molecule has 1 N–H and O–H groups in total. The molecule has 4 nitrogen and oxygen atoms in total. The number of Topliss-reactive ketones (excluding diaryl/α,β-unsaturated/α-hetero) is 1. The van der Waals surface area contributed by atoms with Crippen LogP contribution in [0.25, 0.3) is 0 Å². The number of aromatic carboxylic acids is 1. The number of benzene rings is 1. The number of anilines is 1. The molecule has 0 amide bonds. The highest BCUT2D eigenvalue weighted by atomic mass is 16.4. The predicted molar refractivity (Wildman–Crippen MR) is 60.2 cm³/mol. The predicted octanol–water partition coefficient (Wildman–Crippen LogP) is 1.80. The summed E-state index contributed by atoms with van der Waals surface area (Å²) in [5.41, 5.74) is 1.61. The highest BCUT2D eigenvalue weighted by molar-refractivity contribution is 6.04. The molecule has 1 aromatic rings. The second-order valence-electron chi connectivity index (χ2n) is 3.79. The Morgan fingerprint density at radius 2 is 2.25 bits per heavy atom. The third-order valence-electron chi connectivity index (χ3n) is 2.88. The maximum absolute atomic E-state index is 11.7. The molecule has 0 saturated heterocycles. The van der Waals surface area contributed by atoms with E-state index in [-0.39, 0.29) is 11.3 Å². The van der Waals surface area contributed by atoms with Gasteiger partial charge in [-0.25, -0.2) is 4.79 Å². The van der Waals surface area contributed by atoms with Crippen LogP contribution in [0, 0.1) is 0 Å². The molecule has 4 heteroatoms. The van der Waals surface area contributed by atoms with Gasteiger partial charge in [0.1, 0.15) is 0 Å². The molecule has 1 aromatic carbocycles. The van der Waals surface area contributed by atoms with E-state index in [1.807, 2.05) is 11.8 Å². The van der Waals surface area contributed by atoms with Crippen molar-refractivity contribution in [3.8, 4) is 0 Å². The molecule has 0 fully saturated rings. The Labute approximate surface area is 93.5 Å². The fourth-order valence-corrected chi connectivity index (χ4v) is 1.98. The number of fused-ring (bicyclic) bond motifs is 1. The van der Waals surface area contributed by atoms with E-state index in [0.717, 1.165) is 12.2 Å². The molecular weight excluding hydrogens is 206 g/mol. The number of hydrogen-bond donors (Lipinski definition) is 1. The summed E-state index contributed by atoms with van der Waals surface area (Å²) in [5.74, 6) is -0.867. The zero-order valence-electron chi connectivity index (χ0n) is 9.06. The lowest BCUT2D eigenvalue weighted by Crippen LogP contribution is -2.32. The first kappa shape index (κ1) is 10.7. The molecule has 0 spiro atoms. The molecule has 84 valence electrons. The average Bonchev–Trinajstić information content (AvgIpc) is 2.29. The molecule has 16 heavy (non-hydrogen) atoms. The fraction of sp³-hybridized carbons (Fsp3) is 0.333. The summed E-state index contributed by atoms with van der Waals surface area (Å²) in [6.45, 7) is 3.45. The Kier molecular flexibility index (Phi) is 2.64. The first-order valence-corrected chi connectivity index (χ1v) is 5.29. The highest BCUT2D eigenvalue weighted by Gasteiger charge is 2.22. The first-order valence-electron chi connectivity index (χ1n) is 5.29. The van der Waals surface area contributed by atoms with E-state index in [4.69, 9.17) is 5.11 Å². The monoisotopic (exact) mass is 219 g/mol.